The Labute approximate surface area is 136 Å². The molecule has 0 unspecified atom stereocenters. The highest BCUT2D eigenvalue weighted by Crippen LogP contribution is 2.27. The van der Waals surface area contributed by atoms with E-state index in [1.54, 1.807) is 20.3 Å². The number of rotatable bonds is 6. The second kappa shape index (κ2) is 8.03. The molecule has 0 heterocycles. The van der Waals surface area contributed by atoms with Crippen LogP contribution in [-0.4, -0.2) is 20.1 Å². The van der Waals surface area contributed by atoms with Gasteiger partial charge in [-0.2, -0.15) is 0 Å². The van der Waals surface area contributed by atoms with Crippen LogP contribution in [0.5, 0.6) is 11.5 Å². The van der Waals surface area contributed by atoms with Gasteiger partial charge in [0.25, 0.3) is 0 Å². The van der Waals surface area contributed by atoms with Crippen LogP contribution in [0, 0.1) is 0 Å². The molecule has 0 saturated carbocycles. The molecule has 0 spiro atoms. The number of hydrogen-bond acceptors (Lipinski definition) is 3. The van der Waals surface area contributed by atoms with E-state index in [0.29, 0.717) is 11.5 Å². The van der Waals surface area contributed by atoms with E-state index in [2.05, 4.69) is 5.32 Å². The van der Waals surface area contributed by atoms with Crippen molar-refractivity contribution in [3.05, 3.63) is 65.7 Å². The van der Waals surface area contributed by atoms with Gasteiger partial charge in [0, 0.05) is 6.08 Å². The third kappa shape index (κ3) is 4.61. The Morgan fingerprint density at radius 1 is 1.04 bits per heavy atom. The number of amides is 1. The molecule has 0 aliphatic heterocycles. The number of carbonyl (C=O) groups is 1. The van der Waals surface area contributed by atoms with Gasteiger partial charge in [0.2, 0.25) is 5.91 Å². The molecular formula is C19H21NO3. The summed E-state index contributed by atoms with van der Waals surface area (Å²) < 4.78 is 10.4. The zero-order valence-corrected chi connectivity index (χ0v) is 13.6. The minimum absolute atomic E-state index is 0.0428. The van der Waals surface area contributed by atoms with Crippen LogP contribution in [0.1, 0.15) is 24.1 Å². The molecule has 120 valence electrons. The second-order valence-corrected chi connectivity index (χ2v) is 5.09. The molecule has 1 N–H and O–H groups in total. The predicted molar refractivity (Wildman–Crippen MR) is 91.6 cm³/mol. The van der Waals surface area contributed by atoms with Crippen molar-refractivity contribution in [1.29, 1.82) is 0 Å². The fourth-order valence-corrected chi connectivity index (χ4v) is 2.21. The van der Waals surface area contributed by atoms with Crippen molar-refractivity contribution in [2.24, 2.45) is 0 Å². The Hall–Kier alpha value is -2.75. The molecule has 4 heteroatoms. The second-order valence-electron chi connectivity index (χ2n) is 5.09. The van der Waals surface area contributed by atoms with Gasteiger partial charge in [-0.1, -0.05) is 36.4 Å². The lowest BCUT2D eigenvalue weighted by Gasteiger charge is -2.12. The number of ether oxygens (including phenoxy) is 2. The molecular weight excluding hydrogens is 290 g/mol. The van der Waals surface area contributed by atoms with Crippen LogP contribution in [0.15, 0.2) is 54.6 Å². The summed E-state index contributed by atoms with van der Waals surface area (Å²) in [6, 6.07) is 15.3. The first-order valence-corrected chi connectivity index (χ1v) is 7.39. The average Bonchev–Trinajstić information content (AvgIpc) is 2.60. The van der Waals surface area contributed by atoms with Crippen LogP contribution >= 0.6 is 0 Å². The average molecular weight is 311 g/mol. The quantitative estimate of drug-likeness (QED) is 0.829. The molecule has 0 aliphatic rings. The van der Waals surface area contributed by atoms with E-state index in [1.165, 1.54) is 6.08 Å². The van der Waals surface area contributed by atoms with Crippen molar-refractivity contribution in [3.63, 3.8) is 0 Å². The van der Waals surface area contributed by atoms with Crippen LogP contribution < -0.4 is 14.8 Å². The lowest BCUT2D eigenvalue weighted by molar-refractivity contribution is -0.117. The summed E-state index contributed by atoms with van der Waals surface area (Å²) in [6.45, 7) is 1.96. The van der Waals surface area contributed by atoms with Crippen LogP contribution in [0.25, 0.3) is 6.08 Å². The molecule has 4 nitrogen and oxygen atoms in total. The maximum Gasteiger partial charge on any atom is 0.244 e. The van der Waals surface area contributed by atoms with E-state index in [1.807, 2.05) is 55.5 Å². The number of hydrogen-bond donors (Lipinski definition) is 1. The first-order chi connectivity index (χ1) is 11.1. The SMILES string of the molecule is COc1ccc(C=CC(=O)N[C@@H](C)c2ccccc2)cc1OC. The van der Waals surface area contributed by atoms with E-state index in [9.17, 15) is 4.79 Å². The Bertz CT molecular complexity index is 680. The van der Waals surface area contributed by atoms with E-state index >= 15 is 0 Å². The van der Waals surface area contributed by atoms with Crippen molar-refractivity contribution in [1.82, 2.24) is 5.32 Å². The van der Waals surface area contributed by atoms with Gasteiger partial charge in [-0.05, 0) is 36.3 Å². The molecule has 23 heavy (non-hydrogen) atoms. The highest BCUT2D eigenvalue weighted by atomic mass is 16.5. The molecule has 0 aromatic heterocycles. The monoisotopic (exact) mass is 311 g/mol. The maximum atomic E-state index is 12.0. The summed E-state index contributed by atoms with van der Waals surface area (Å²) in [5.74, 6) is 1.15. The Kier molecular flexibility index (Phi) is 5.80. The summed E-state index contributed by atoms with van der Waals surface area (Å²) in [7, 11) is 3.17. The number of nitrogens with one attached hydrogen (secondary N) is 1. The maximum absolute atomic E-state index is 12.0. The minimum atomic E-state index is -0.142. The van der Waals surface area contributed by atoms with Gasteiger partial charge in [-0.3, -0.25) is 4.79 Å². The molecule has 0 bridgehead atoms. The van der Waals surface area contributed by atoms with Crippen molar-refractivity contribution in [3.8, 4) is 11.5 Å². The number of methoxy groups -OCH3 is 2. The summed E-state index contributed by atoms with van der Waals surface area (Å²) in [5, 5.41) is 2.94. The van der Waals surface area contributed by atoms with E-state index in [4.69, 9.17) is 9.47 Å². The van der Waals surface area contributed by atoms with Gasteiger partial charge in [-0.15, -0.1) is 0 Å². The summed E-state index contributed by atoms with van der Waals surface area (Å²) >= 11 is 0. The summed E-state index contributed by atoms with van der Waals surface area (Å²) in [6.07, 6.45) is 3.26. The Morgan fingerprint density at radius 2 is 1.74 bits per heavy atom. The normalized spacial score (nSPS) is 12.0. The van der Waals surface area contributed by atoms with Gasteiger partial charge in [0.05, 0.1) is 20.3 Å². The van der Waals surface area contributed by atoms with Crippen LogP contribution in [0.3, 0.4) is 0 Å². The topological polar surface area (TPSA) is 47.6 Å². The molecule has 1 atom stereocenters. The van der Waals surface area contributed by atoms with E-state index < -0.39 is 0 Å². The first-order valence-electron chi connectivity index (χ1n) is 7.39. The van der Waals surface area contributed by atoms with Crippen molar-refractivity contribution < 1.29 is 14.3 Å². The highest BCUT2D eigenvalue weighted by molar-refractivity contribution is 5.92. The molecule has 2 rings (SSSR count). The minimum Gasteiger partial charge on any atom is -0.493 e. The molecule has 2 aromatic rings. The van der Waals surface area contributed by atoms with Gasteiger partial charge in [0.1, 0.15) is 0 Å². The first kappa shape index (κ1) is 16.6. The predicted octanol–water partition coefficient (Wildman–Crippen LogP) is 3.59. The zero-order valence-electron chi connectivity index (χ0n) is 13.6. The third-order valence-corrected chi connectivity index (χ3v) is 3.49. The van der Waals surface area contributed by atoms with Gasteiger partial charge >= 0.3 is 0 Å². The molecule has 1 amide bonds. The highest BCUT2D eigenvalue weighted by Gasteiger charge is 2.07. The molecule has 0 saturated heterocycles. The lowest BCUT2D eigenvalue weighted by Crippen LogP contribution is -2.24. The third-order valence-electron chi connectivity index (χ3n) is 3.49. The number of benzene rings is 2. The molecule has 0 aliphatic carbocycles. The van der Waals surface area contributed by atoms with Crippen LogP contribution in [0.2, 0.25) is 0 Å². The smallest absolute Gasteiger partial charge is 0.244 e. The zero-order chi connectivity index (χ0) is 16.7. The Balaban J connectivity index is 2.01. The van der Waals surface area contributed by atoms with E-state index in [0.717, 1.165) is 11.1 Å². The van der Waals surface area contributed by atoms with Crippen LogP contribution in [0.4, 0.5) is 0 Å². The van der Waals surface area contributed by atoms with Gasteiger partial charge in [-0.25, -0.2) is 0 Å². The van der Waals surface area contributed by atoms with Crippen molar-refractivity contribution >= 4 is 12.0 Å². The molecule has 0 fully saturated rings. The molecule has 0 radical (unpaired) electrons. The standard InChI is InChI=1S/C19H21NO3/c1-14(16-7-5-4-6-8-16)20-19(21)12-10-15-9-11-17(22-2)18(13-15)23-3/h4-14H,1-3H3,(H,20,21)/t14-/m0/s1. The van der Waals surface area contributed by atoms with E-state index in [-0.39, 0.29) is 11.9 Å². The van der Waals surface area contributed by atoms with Crippen molar-refractivity contribution in [2.45, 2.75) is 13.0 Å². The number of carbonyl (C=O) groups excluding carboxylic acids is 1. The van der Waals surface area contributed by atoms with Crippen LogP contribution in [-0.2, 0) is 4.79 Å². The largest absolute Gasteiger partial charge is 0.493 e. The van der Waals surface area contributed by atoms with Gasteiger partial charge < -0.3 is 14.8 Å². The Morgan fingerprint density at radius 3 is 2.39 bits per heavy atom. The fraction of sp³-hybridized carbons (Fsp3) is 0.211. The summed E-state index contributed by atoms with van der Waals surface area (Å²) in [4.78, 5) is 12.0. The lowest BCUT2D eigenvalue weighted by atomic mass is 10.1. The molecule has 2 aromatic carbocycles. The van der Waals surface area contributed by atoms with Gasteiger partial charge in [0.15, 0.2) is 11.5 Å². The van der Waals surface area contributed by atoms with Crippen molar-refractivity contribution in [2.75, 3.05) is 14.2 Å². The summed E-state index contributed by atoms with van der Waals surface area (Å²) in [5.41, 5.74) is 1.94. The fourth-order valence-electron chi connectivity index (χ4n) is 2.21.